The van der Waals surface area contributed by atoms with Crippen LogP contribution in [0.25, 0.3) is 10.9 Å². The van der Waals surface area contributed by atoms with Crippen LogP contribution in [-0.2, 0) is 0 Å². The highest BCUT2D eigenvalue weighted by Crippen LogP contribution is 2.26. The van der Waals surface area contributed by atoms with Crippen molar-refractivity contribution in [3.05, 3.63) is 74.6 Å². The second-order valence-electron chi connectivity index (χ2n) is 5.53. The molecule has 25 heavy (non-hydrogen) atoms. The van der Waals surface area contributed by atoms with Crippen LogP contribution in [0.15, 0.2) is 57.7 Å². The van der Waals surface area contributed by atoms with Gasteiger partial charge in [0.1, 0.15) is 6.10 Å². The first-order valence-corrected chi connectivity index (χ1v) is 7.89. The van der Waals surface area contributed by atoms with Gasteiger partial charge in [-0.15, -0.1) is 0 Å². The van der Waals surface area contributed by atoms with Crippen molar-refractivity contribution in [2.45, 2.75) is 25.9 Å². The van der Waals surface area contributed by atoms with Crippen molar-refractivity contribution in [1.29, 1.82) is 0 Å². The second kappa shape index (κ2) is 7.12. The number of fused-ring (bicyclic) bond motifs is 1. The summed E-state index contributed by atoms with van der Waals surface area (Å²) in [6, 6.07) is 13.3. The quantitative estimate of drug-likeness (QED) is 0.497. The molecule has 0 saturated heterocycles. The molecule has 0 fully saturated rings. The average molecular weight is 340 g/mol. The molecule has 1 unspecified atom stereocenters. The Bertz CT molecular complexity index is 953. The Kier molecular flexibility index (Phi) is 4.74. The molecule has 1 heterocycles. The first kappa shape index (κ1) is 16.6. The Morgan fingerprint density at radius 3 is 2.68 bits per heavy atom. The predicted molar refractivity (Wildman–Crippen MR) is 91.7 cm³/mol. The summed E-state index contributed by atoms with van der Waals surface area (Å²) in [6.45, 7) is 2.02. The van der Waals surface area contributed by atoms with E-state index in [1.807, 2.05) is 37.3 Å². The summed E-state index contributed by atoms with van der Waals surface area (Å²) in [7, 11) is 0. The molecular weight excluding hydrogens is 324 g/mol. The third-order valence-electron chi connectivity index (χ3n) is 3.77. The van der Waals surface area contributed by atoms with Gasteiger partial charge in [-0.25, -0.2) is 4.79 Å². The standard InChI is InChI=1S/C18H16N2O5/c1-2-6-16(12-7-4-3-5-8-12)24-18-19-15-11-13(20(22)23)9-10-14(15)17(21)25-18/h3-5,7-11,16H,2,6H2,1H3. The van der Waals surface area contributed by atoms with Crippen LogP contribution in [0.1, 0.15) is 31.4 Å². The lowest BCUT2D eigenvalue weighted by Gasteiger charge is -2.17. The molecule has 128 valence electrons. The van der Waals surface area contributed by atoms with Crippen LogP contribution >= 0.6 is 0 Å². The largest absolute Gasteiger partial charge is 0.442 e. The van der Waals surface area contributed by atoms with Gasteiger partial charge in [0.25, 0.3) is 5.69 Å². The summed E-state index contributed by atoms with van der Waals surface area (Å²) >= 11 is 0. The number of hydrogen-bond acceptors (Lipinski definition) is 6. The molecule has 0 amide bonds. The van der Waals surface area contributed by atoms with E-state index in [1.54, 1.807) is 0 Å². The number of benzene rings is 2. The number of nitro benzene ring substituents is 1. The molecular formula is C18H16N2O5. The maximum absolute atomic E-state index is 12.1. The molecule has 0 aliphatic carbocycles. The first-order valence-electron chi connectivity index (χ1n) is 7.89. The molecule has 0 saturated carbocycles. The number of nitrogens with zero attached hydrogens (tertiary/aromatic N) is 2. The van der Waals surface area contributed by atoms with Crippen LogP contribution in [0.2, 0.25) is 0 Å². The minimum atomic E-state index is -0.641. The van der Waals surface area contributed by atoms with E-state index in [-0.39, 0.29) is 28.8 Å². The minimum Gasteiger partial charge on any atom is -0.442 e. The Morgan fingerprint density at radius 2 is 2.00 bits per heavy atom. The van der Waals surface area contributed by atoms with Gasteiger partial charge >= 0.3 is 11.7 Å². The monoisotopic (exact) mass is 340 g/mol. The molecule has 0 aliphatic heterocycles. The van der Waals surface area contributed by atoms with Gasteiger partial charge in [0, 0.05) is 12.1 Å². The van der Waals surface area contributed by atoms with E-state index in [0.29, 0.717) is 6.42 Å². The summed E-state index contributed by atoms with van der Waals surface area (Å²) in [4.78, 5) is 26.6. The number of nitro groups is 1. The van der Waals surface area contributed by atoms with E-state index in [0.717, 1.165) is 12.0 Å². The van der Waals surface area contributed by atoms with E-state index < -0.39 is 10.5 Å². The predicted octanol–water partition coefficient (Wildman–Crippen LogP) is 4.02. The lowest BCUT2D eigenvalue weighted by Crippen LogP contribution is -2.11. The summed E-state index contributed by atoms with van der Waals surface area (Å²) in [5, 5.41) is 11.1. The van der Waals surface area contributed by atoms with E-state index in [9.17, 15) is 14.9 Å². The Labute approximate surface area is 143 Å². The van der Waals surface area contributed by atoms with Crippen molar-refractivity contribution in [2.24, 2.45) is 0 Å². The first-order chi connectivity index (χ1) is 12.1. The summed E-state index contributed by atoms with van der Waals surface area (Å²) in [5.41, 5.74) is 0.319. The van der Waals surface area contributed by atoms with Crippen molar-refractivity contribution >= 4 is 16.6 Å². The van der Waals surface area contributed by atoms with Crippen LogP contribution in [-0.4, -0.2) is 9.91 Å². The van der Waals surface area contributed by atoms with Gasteiger partial charge < -0.3 is 9.15 Å². The maximum Gasteiger partial charge on any atom is 0.397 e. The highest BCUT2D eigenvalue weighted by Gasteiger charge is 2.17. The smallest absolute Gasteiger partial charge is 0.397 e. The molecule has 1 atom stereocenters. The average Bonchev–Trinajstić information content (AvgIpc) is 2.61. The van der Waals surface area contributed by atoms with Gasteiger partial charge in [-0.2, -0.15) is 4.98 Å². The molecule has 3 aromatic rings. The molecule has 0 N–H and O–H groups in total. The topological polar surface area (TPSA) is 95.5 Å². The number of non-ortho nitro benzene ring substituents is 1. The van der Waals surface area contributed by atoms with Crippen molar-refractivity contribution < 1.29 is 14.1 Å². The summed E-state index contributed by atoms with van der Waals surface area (Å²) < 4.78 is 10.9. The zero-order chi connectivity index (χ0) is 17.8. The summed E-state index contributed by atoms with van der Waals surface area (Å²) in [6.07, 6.45) is 1.06. The summed E-state index contributed by atoms with van der Waals surface area (Å²) in [5.74, 6) is 0. The van der Waals surface area contributed by atoms with E-state index in [4.69, 9.17) is 9.15 Å². The van der Waals surface area contributed by atoms with Gasteiger partial charge in [-0.05, 0) is 18.1 Å². The molecule has 0 radical (unpaired) electrons. The molecule has 2 aromatic carbocycles. The zero-order valence-electron chi connectivity index (χ0n) is 13.5. The minimum absolute atomic E-state index is 0.148. The van der Waals surface area contributed by atoms with Crippen LogP contribution in [0.4, 0.5) is 5.69 Å². The van der Waals surface area contributed by atoms with E-state index in [2.05, 4.69) is 4.98 Å². The Balaban J connectivity index is 1.99. The molecule has 7 nitrogen and oxygen atoms in total. The van der Waals surface area contributed by atoms with Crippen LogP contribution in [0, 0.1) is 10.1 Å². The highest BCUT2D eigenvalue weighted by atomic mass is 16.6. The lowest BCUT2D eigenvalue weighted by atomic mass is 10.1. The SMILES string of the molecule is CCCC(Oc1nc2cc([N+](=O)[O-])ccc2c(=O)o1)c1ccccc1. The normalized spacial score (nSPS) is 12.0. The number of aromatic nitrogens is 1. The molecule has 3 rings (SSSR count). The second-order valence-corrected chi connectivity index (χ2v) is 5.53. The number of hydrogen-bond donors (Lipinski definition) is 0. The third kappa shape index (κ3) is 3.65. The van der Waals surface area contributed by atoms with Crippen molar-refractivity contribution in [3.8, 4) is 6.08 Å². The molecule has 0 bridgehead atoms. The van der Waals surface area contributed by atoms with Crippen LogP contribution < -0.4 is 10.4 Å². The molecule has 7 heteroatoms. The molecule has 0 aliphatic rings. The number of ether oxygens (including phenoxy) is 1. The van der Waals surface area contributed by atoms with E-state index in [1.165, 1.54) is 18.2 Å². The Hall–Kier alpha value is -3.22. The van der Waals surface area contributed by atoms with Gasteiger partial charge in [-0.3, -0.25) is 10.1 Å². The highest BCUT2D eigenvalue weighted by molar-refractivity contribution is 5.79. The van der Waals surface area contributed by atoms with Gasteiger partial charge in [0.15, 0.2) is 0 Å². The van der Waals surface area contributed by atoms with Crippen LogP contribution in [0.5, 0.6) is 6.08 Å². The fourth-order valence-corrected chi connectivity index (χ4v) is 2.55. The van der Waals surface area contributed by atoms with Gasteiger partial charge in [0.2, 0.25) is 0 Å². The zero-order valence-corrected chi connectivity index (χ0v) is 13.5. The van der Waals surface area contributed by atoms with Crippen molar-refractivity contribution in [1.82, 2.24) is 4.98 Å². The fourth-order valence-electron chi connectivity index (χ4n) is 2.55. The van der Waals surface area contributed by atoms with Crippen molar-refractivity contribution in [2.75, 3.05) is 0 Å². The maximum atomic E-state index is 12.1. The number of rotatable bonds is 6. The van der Waals surface area contributed by atoms with Crippen molar-refractivity contribution in [3.63, 3.8) is 0 Å². The third-order valence-corrected chi connectivity index (χ3v) is 3.77. The molecule has 1 aromatic heterocycles. The molecule has 0 spiro atoms. The fraction of sp³-hybridized carbons (Fsp3) is 0.222. The van der Waals surface area contributed by atoms with Gasteiger partial charge in [0.05, 0.1) is 15.8 Å². The van der Waals surface area contributed by atoms with E-state index >= 15 is 0 Å². The van der Waals surface area contributed by atoms with Gasteiger partial charge in [-0.1, -0.05) is 43.7 Å². The Morgan fingerprint density at radius 1 is 1.24 bits per heavy atom. The van der Waals surface area contributed by atoms with Crippen LogP contribution in [0.3, 0.4) is 0 Å². The lowest BCUT2D eigenvalue weighted by molar-refractivity contribution is -0.384.